The van der Waals surface area contributed by atoms with E-state index in [0.717, 1.165) is 0 Å². The summed E-state index contributed by atoms with van der Waals surface area (Å²) in [6.45, 7) is -2.80. The average molecular weight is 819 g/mol. The van der Waals surface area contributed by atoms with Gasteiger partial charge in [-0.05, 0) is 0 Å². The zero-order valence-corrected chi connectivity index (χ0v) is 27.1. The van der Waals surface area contributed by atoms with Crippen LogP contribution in [0.5, 0.6) is 0 Å². The Hall–Kier alpha value is -4.28. The Morgan fingerprint density at radius 3 is 0.653 bits per heavy atom. The van der Waals surface area contributed by atoms with E-state index in [4.69, 9.17) is 61.3 Å². The summed E-state index contributed by atoms with van der Waals surface area (Å²) >= 11 is 0. The Kier molecular flexibility index (Phi) is 17.9. The molecule has 8 atom stereocenters. The second-order valence-electron chi connectivity index (χ2n) is 9.16. The molecule has 0 aliphatic carbocycles. The van der Waals surface area contributed by atoms with Gasteiger partial charge in [-0.25, -0.2) is 19.2 Å². The molecule has 4 heterocycles. The summed E-state index contributed by atoms with van der Waals surface area (Å²) in [5, 5.41) is 147. The number of hydrogen-bond donors (Lipinski definition) is 12. The minimum absolute atomic E-state index is 0. The number of cyclic esters (lactones) is 4. The van der Waals surface area contributed by atoms with Crippen molar-refractivity contribution in [3.05, 3.63) is 46.1 Å². The van der Waals surface area contributed by atoms with Crippen molar-refractivity contribution in [1.82, 2.24) is 0 Å². The molecular formula is C24H28O24Sn. The van der Waals surface area contributed by atoms with Crippen molar-refractivity contribution in [3.63, 3.8) is 0 Å². The average Bonchev–Trinajstić information content (AvgIpc) is 3.70. The maximum absolute atomic E-state index is 10.6. The molecule has 0 amide bonds. The van der Waals surface area contributed by atoms with Gasteiger partial charge >= 0.3 is 47.8 Å². The fraction of sp³-hybridized carbons (Fsp3) is 0.500. The van der Waals surface area contributed by atoms with Crippen LogP contribution in [0.2, 0.25) is 0 Å². The van der Waals surface area contributed by atoms with E-state index in [1.54, 1.807) is 0 Å². The summed E-state index contributed by atoms with van der Waals surface area (Å²) in [5.41, 5.74) is 0. The van der Waals surface area contributed by atoms with Crippen molar-refractivity contribution < 1.29 is 120 Å². The minimum atomic E-state index is -1.46. The Labute approximate surface area is 288 Å². The second kappa shape index (κ2) is 19.7. The molecule has 0 aromatic heterocycles. The molecule has 272 valence electrons. The van der Waals surface area contributed by atoms with Crippen LogP contribution in [0.25, 0.3) is 0 Å². The molecule has 4 aliphatic rings. The summed E-state index contributed by atoms with van der Waals surface area (Å²) in [6, 6.07) is 0. The summed E-state index contributed by atoms with van der Waals surface area (Å²) < 4.78 is 17.0. The van der Waals surface area contributed by atoms with Gasteiger partial charge in [-0.15, -0.1) is 0 Å². The molecule has 0 aromatic rings. The van der Waals surface area contributed by atoms with Crippen molar-refractivity contribution in [1.29, 1.82) is 0 Å². The number of aliphatic hydroxyl groups is 12. The van der Waals surface area contributed by atoms with Gasteiger partial charge in [0.15, 0.2) is 24.4 Å². The molecule has 25 heteroatoms. The van der Waals surface area contributed by atoms with Gasteiger partial charge in [-0.2, -0.15) is 0 Å². The first-order chi connectivity index (χ1) is 22.3. The van der Waals surface area contributed by atoms with Crippen LogP contribution < -0.4 is 20.4 Å². The van der Waals surface area contributed by atoms with Crippen molar-refractivity contribution in [2.45, 2.75) is 48.8 Å². The normalized spacial score (nSPS) is 25.3. The third kappa shape index (κ3) is 10.9. The van der Waals surface area contributed by atoms with Gasteiger partial charge in [-0.3, -0.25) is 0 Å². The molecular weight excluding hydrogens is 791 g/mol. The summed E-state index contributed by atoms with van der Waals surface area (Å²) in [5.74, 6) is -13.0. The smallest absolute Gasteiger partial charge is 0.865 e. The van der Waals surface area contributed by atoms with Crippen LogP contribution in [-0.4, -0.2) is 184 Å². The largest absolute Gasteiger partial charge is 4.00 e. The first-order valence-electron chi connectivity index (χ1n) is 12.7. The third-order valence-corrected chi connectivity index (χ3v) is 5.83. The number of ether oxygens (including phenoxy) is 4. The molecule has 0 saturated heterocycles. The van der Waals surface area contributed by atoms with Crippen LogP contribution in [-0.2, 0) is 38.1 Å². The van der Waals surface area contributed by atoms with E-state index in [9.17, 15) is 39.6 Å². The Balaban J connectivity index is 0.000000623. The van der Waals surface area contributed by atoms with Gasteiger partial charge < -0.3 is 101 Å². The molecule has 0 unspecified atom stereocenters. The molecule has 12 N–H and O–H groups in total. The van der Waals surface area contributed by atoms with Crippen molar-refractivity contribution in [2.75, 3.05) is 26.4 Å². The van der Waals surface area contributed by atoms with Crippen LogP contribution in [0.4, 0.5) is 0 Å². The van der Waals surface area contributed by atoms with Gasteiger partial charge in [0.05, 0.1) is 26.4 Å². The fourth-order valence-corrected chi connectivity index (χ4v) is 3.26. The van der Waals surface area contributed by atoms with Gasteiger partial charge in [0.1, 0.15) is 47.5 Å². The fourth-order valence-electron chi connectivity index (χ4n) is 3.26. The van der Waals surface area contributed by atoms with E-state index in [1.165, 1.54) is 0 Å². The van der Waals surface area contributed by atoms with Crippen LogP contribution in [0.15, 0.2) is 46.1 Å². The van der Waals surface area contributed by atoms with E-state index in [-0.39, 0.29) is 23.9 Å². The molecule has 0 saturated carbocycles. The molecule has 4 rings (SSSR count). The summed E-state index contributed by atoms with van der Waals surface area (Å²) in [7, 11) is 0. The quantitative estimate of drug-likeness (QED) is 0.0614. The number of hydrogen-bond acceptors (Lipinski definition) is 24. The van der Waals surface area contributed by atoms with E-state index in [1.807, 2.05) is 0 Å². The SMILES string of the molecule is O=C1O[C@H]([C@@H](O)CO)C(O)=C1[O-].O=C1O[C@H]([C@@H](O)CO)C(O)=C1[O-].O=C1O[C@H]([C@@H](O)CO)C(O)=C1[O-].O=C1O[C@H]([C@@H](O)CO)C(O)=C1[O-].[Sn+4]. The zero-order chi connectivity index (χ0) is 37.2. The number of carbonyl (C=O) groups excluding carboxylic acids is 4. The predicted octanol–water partition coefficient (Wildman–Crippen LogP) is -10.8. The number of carbonyl (C=O) groups is 4. The molecule has 49 heavy (non-hydrogen) atoms. The molecule has 0 aromatic carbocycles. The van der Waals surface area contributed by atoms with Crippen molar-refractivity contribution in [2.24, 2.45) is 0 Å². The summed E-state index contributed by atoms with van der Waals surface area (Å²) in [4.78, 5) is 41.9. The molecule has 0 radical (unpaired) electrons. The van der Waals surface area contributed by atoms with E-state index in [2.05, 4.69) is 18.9 Å². The predicted molar refractivity (Wildman–Crippen MR) is 136 cm³/mol. The van der Waals surface area contributed by atoms with Crippen molar-refractivity contribution >= 4 is 47.8 Å². The van der Waals surface area contributed by atoms with Gasteiger partial charge in [-0.1, -0.05) is 0 Å². The standard InChI is InChI=1S/4C6H8O6.Sn/c4*7-1-2(8)5-3(9)4(10)6(11)12-5;/h4*2,5,7-10H,1H2;/q;;;;+4/p-4/t4*2-,5+;/m0000./s1. The first-order valence-corrected chi connectivity index (χ1v) is 12.7. The van der Waals surface area contributed by atoms with Gasteiger partial charge in [0.25, 0.3) is 0 Å². The maximum atomic E-state index is 10.6. The molecule has 24 nitrogen and oxygen atoms in total. The first kappa shape index (κ1) is 44.7. The van der Waals surface area contributed by atoms with E-state index in [0.29, 0.717) is 0 Å². The number of rotatable bonds is 8. The van der Waals surface area contributed by atoms with Crippen LogP contribution in [0, 0.1) is 0 Å². The summed E-state index contributed by atoms with van der Waals surface area (Å²) in [6.07, 6.45) is -11.5. The Morgan fingerprint density at radius 1 is 0.429 bits per heavy atom. The molecule has 0 spiro atoms. The maximum Gasteiger partial charge on any atom is 4.00 e. The zero-order valence-electron chi connectivity index (χ0n) is 24.2. The van der Waals surface area contributed by atoms with Crippen LogP contribution in [0.3, 0.4) is 0 Å². The van der Waals surface area contributed by atoms with E-state index >= 15 is 0 Å². The number of esters is 4. The molecule has 4 aliphatic heterocycles. The second-order valence-corrected chi connectivity index (χ2v) is 9.16. The Bertz CT molecular complexity index is 1140. The monoisotopic (exact) mass is 820 g/mol. The van der Waals surface area contributed by atoms with Gasteiger partial charge in [0.2, 0.25) is 0 Å². The minimum Gasteiger partial charge on any atom is -0.865 e. The molecule has 0 bridgehead atoms. The Morgan fingerprint density at radius 2 is 0.571 bits per heavy atom. The van der Waals surface area contributed by atoms with Crippen LogP contribution >= 0.6 is 0 Å². The van der Waals surface area contributed by atoms with E-state index < -0.39 is 145 Å². The molecule has 0 fully saturated rings. The van der Waals surface area contributed by atoms with Crippen LogP contribution in [0.1, 0.15) is 0 Å². The van der Waals surface area contributed by atoms with Crippen molar-refractivity contribution in [3.8, 4) is 0 Å². The number of aliphatic hydroxyl groups excluding tert-OH is 12. The van der Waals surface area contributed by atoms with Gasteiger partial charge in [0, 0.05) is 23.0 Å². The third-order valence-electron chi connectivity index (χ3n) is 5.83. The topological polar surface area (TPSA) is 440 Å².